The van der Waals surface area contributed by atoms with Gasteiger partial charge in [0.1, 0.15) is 28.0 Å². The van der Waals surface area contributed by atoms with E-state index in [0.29, 0.717) is 17.3 Å². The maximum absolute atomic E-state index is 5.60. The van der Waals surface area contributed by atoms with Gasteiger partial charge in [0.25, 0.3) is 0 Å². The van der Waals surface area contributed by atoms with E-state index in [1.165, 1.54) is 16.9 Å². The van der Waals surface area contributed by atoms with Gasteiger partial charge in [-0.3, -0.25) is 0 Å². The number of ether oxygens (including phenoxy) is 1. The molecule has 1 aromatic carbocycles. The maximum Gasteiger partial charge on any atom is 0.140 e. The molecule has 0 spiro atoms. The average molecular weight is 264 g/mol. The highest BCUT2D eigenvalue weighted by Gasteiger charge is 2.04. The quantitative estimate of drug-likeness (QED) is 0.863. The highest BCUT2D eigenvalue weighted by molar-refractivity contribution is 7.80. The first-order valence-corrected chi connectivity index (χ1v) is 6.37. The Bertz CT molecular complexity index is 520. The maximum atomic E-state index is 5.60. The molecule has 0 aliphatic heterocycles. The summed E-state index contributed by atoms with van der Waals surface area (Å²) < 4.78 is 5.60. The zero-order valence-corrected chi connectivity index (χ0v) is 11.0. The summed E-state index contributed by atoms with van der Waals surface area (Å²) in [5, 5.41) is 2.71. The number of hydrogen-bond acceptors (Lipinski definition) is 4. The molecule has 0 saturated carbocycles. The molecule has 0 radical (unpaired) electrons. The molecule has 0 amide bonds. The molecule has 0 aliphatic rings. The molecule has 2 N–H and O–H groups in total. The molecule has 2 aromatic rings. The Labute approximate surface area is 109 Å². The van der Waals surface area contributed by atoms with E-state index in [1.54, 1.807) is 0 Å². The molecular formula is C12H12N2OS2. The summed E-state index contributed by atoms with van der Waals surface area (Å²) in [5.41, 5.74) is 7.36. The number of benzene rings is 1. The van der Waals surface area contributed by atoms with Crippen LogP contribution in [0.1, 0.15) is 16.3 Å². The Balaban J connectivity index is 1.97. The molecule has 1 heterocycles. The average Bonchev–Trinajstić information content (AvgIpc) is 2.77. The predicted molar refractivity (Wildman–Crippen MR) is 73.5 cm³/mol. The Kier molecular flexibility index (Phi) is 3.71. The van der Waals surface area contributed by atoms with Gasteiger partial charge in [0, 0.05) is 5.38 Å². The van der Waals surface area contributed by atoms with Gasteiger partial charge in [-0.15, -0.1) is 11.3 Å². The van der Waals surface area contributed by atoms with Crippen LogP contribution < -0.4 is 10.5 Å². The van der Waals surface area contributed by atoms with Gasteiger partial charge in [0.2, 0.25) is 0 Å². The van der Waals surface area contributed by atoms with Gasteiger partial charge in [0.05, 0.1) is 0 Å². The van der Waals surface area contributed by atoms with E-state index < -0.39 is 0 Å². The molecule has 5 heteroatoms. The fraction of sp³-hybridized carbons (Fsp3) is 0.167. The van der Waals surface area contributed by atoms with Gasteiger partial charge in [-0.1, -0.05) is 29.9 Å². The molecule has 0 saturated heterocycles. The molecule has 1 aromatic heterocycles. The third-order valence-electron chi connectivity index (χ3n) is 2.19. The highest BCUT2D eigenvalue weighted by Crippen LogP contribution is 2.16. The topological polar surface area (TPSA) is 48.1 Å². The van der Waals surface area contributed by atoms with Crippen molar-refractivity contribution in [3.8, 4) is 5.75 Å². The standard InChI is InChI=1S/C12H12N2OS2/c1-8-2-4-9(5-3-8)15-6-11-14-10(7-17-11)12(13)16/h2-5,7H,6H2,1H3,(H2,13,16). The minimum absolute atomic E-state index is 0.322. The third kappa shape index (κ3) is 3.25. The molecule has 0 fully saturated rings. The molecule has 88 valence electrons. The third-order valence-corrected chi connectivity index (χ3v) is 3.22. The first-order valence-electron chi connectivity index (χ1n) is 5.09. The number of thiazole rings is 1. The van der Waals surface area contributed by atoms with Crippen molar-refractivity contribution in [2.24, 2.45) is 5.73 Å². The fourth-order valence-electron chi connectivity index (χ4n) is 1.27. The van der Waals surface area contributed by atoms with Gasteiger partial charge in [-0.05, 0) is 19.1 Å². The first kappa shape index (κ1) is 12.0. The van der Waals surface area contributed by atoms with Crippen LogP contribution in [0.5, 0.6) is 5.75 Å². The molecule has 3 nitrogen and oxygen atoms in total. The monoisotopic (exact) mass is 264 g/mol. The van der Waals surface area contributed by atoms with E-state index in [4.69, 9.17) is 22.7 Å². The Morgan fingerprint density at radius 2 is 2.12 bits per heavy atom. The molecule has 0 unspecified atom stereocenters. The van der Waals surface area contributed by atoms with E-state index >= 15 is 0 Å². The number of nitrogens with zero attached hydrogens (tertiary/aromatic N) is 1. The lowest BCUT2D eigenvalue weighted by Gasteiger charge is -2.03. The summed E-state index contributed by atoms with van der Waals surface area (Å²) in [7, 11) is 0. The van der Waals surface area contributed by atoms with Crippen molar-refractivity contribution >= 4 is 28.5 Å². The summed E-state index contributed by atoms with van der Waals surface area (Å²) in [6, 6.07) is 7.91. The van der Waals surface area contributed by atoms with Crippen molar-refractivity contribution in [3.05, 3.63) is 45.9 Å². The lowest BCUT2D eigenvalue weighted by Crippen LogP contribution is -2.09. The summed E-state index contributed by atoms with van der Waals surface area (Å²) in [6.45, 7) is 2.48. The van der Waals surface area contributed by atoms with Crippen LogP contribution in [0, 0.1) is 6.92 Å². The van der Waals surface area contributed by atoms with Gasteiger partial charge < -0.3 is 10.5 Å². The summed E-state index contributed by atoms with van der Waals surface area (Å²) in [5.74, 6) is 0.836. The molecule has 0 atom stereocenters. The van der Waals surface area contributed by atoms with Crippen molar-refractivity contribution in [1.82, 2.24) is 4.98 Å². The van der Waals surface area contributed by atoms with Crippen molar-refractivity contribution < 1.29 is 4.74 Å². The number of nitrogens with two attached hydrogens (primary N) is 1. The summed E-state index contributed by atoms with van der Waals surface area (Å²) in [4.78, 5) is 4.59. The second-order valence-corrected chi connectivity index (χ2v) is 4.97. The van der Waals surface area contributed by atoms with Crippen LogP contribution in [-0.4, -0.2) is 9.97 Å². The van der Waals surface area contributed by atoms with Crippen molar-refractivity contribution in [1.29, 1.82) is 0 Å². The van der Waals surface area contributed by atoms with E-state index in [9.17, 15) is 0 Å². The van der Waals surface area contributed by atoms with Crippen LogP contribution in [0.4, 0.5) is 0 Å². The number of thiocarbonyl (C=S) groups is 1. The van der Waals surface area contributed by atoms with Crippen LogP contribution in [0.25, 0.3) is 0 Å². The Morgan fingerprint density at radius 1 is 1.41 bits per heavy atom. The van der Waals surface area contributed by atoms with Gasteiger partial charge >= 0.3 is 0 Å². The predicted octanol–water partition coefficient (Wildman–Crippen LogP) is 2.66. The number of aromatic nitrogens is 1. The smallest absolute Gasteiger partial charge is 0.140 e. The molecule has 0 bridgehead atoms. The van der Waals surface area contributed by atoms with Crippen molar-refractivity contribution in [3.63, 3.8) is 0 Å². The van der Waals surface area contributed by atoms with E-state index in [0.717, 1.165) is 10.8 Å². The van der Waals surface area contributed by atoms with Crippen molar-refractivity contribution in [2.45, 2.75) is 13.5 Å². The SMILES string of the molecule is Cc1ccc(OCc2nc(C(N)=S)cs2)cc1. The van der Waals surface area contributed by atoms with Gasteiger partial charge in [0.15, 0.2) is 0 Å². The number of rotatable bonds is 4. The number of hydrogen-bond donors (Lipinski definition) is 1. The molecule has 0 aliphatic carbocycles. The lowest BCUT2D eigenvalue weighted by molar-refractivity contribution is 0.305. The van der Waals surface area contributed by atoms with Crippen LogP contribution >= 0.6 is 23.6 Å². The fourth-order valence-corrected chi connectivity index (χ4v) is 2.15. The van der Waals surface area contributed by atoms with Gasteiger partial charge in [-0.2, -0.15) is 0 Å². The Morgan fingerprint density at radius 3 is 2.71 bits per heavy atom. The second-order valence-electron chi connectivity index (χ2n) is 3.59. The van der Waals surface area contributed by atoms with Crippen LogP contribution in [-0.2, 0) is 6.61 Å². The molecule has 2 rings (SSSR count). The van der Waals surface area contributed by atoms with Crippen molar-refractivity contribution in [2.75, 3.05) is 0 Å². The van der Waals surface area contributed by atoms with E-state index in [1.807, 2.05) is 36.6 Å². The van der Waals surface area contributed by atoms with E-state index in [2.05, 4.69) is 4.98 Å². The van der Waals surface area contributed by atoms with Crippen LogP contribution in [0.15, 0.2) is 29.6 Å². The molecular weight excluding hydrogens is 252 g/mol. The minimum atomic E-state index is 0.322. The lowest BCUT2D eigenvalue weighted by atomic mass is 10.2. The van der Waals surface area contributed by atoms with Gasteiger partial charge in [-0.25, -0.2) is 4.98 Å². The number of aryl methyl sites for hydroxylation is 1. The zero-order valence-electron chi connectivity index (χ0n) is 9.34. The summed E-state index contributed by atoms with van der Waals surface area (Å²) >= 11 is 6.35. The normalized spacial score (nSPS) is 10.2. The van der Waals surface area contributed by atoms with Crippen LogP contribution in [0.2, 0.25) is 0 Å². The summed E-state index contributed by atoms with van der Waals surface area (Å²) in [6.07, 6.45) is 0. The molecule has 17 heavy (non-hydrogen) atoms. The first-order chi connectivity index (χ1) is 8.15. The largest absolute Gasteiger partial charge is 0.486 e. The van der Waals surface area contributed by atoms with E-state index in [-0.39, 0.29) is 0 Å². The van der Waals surface area contributed by atoms with Crippen LogP contribution in [0.3, 0.4) is 0 Å². The Hall–Kier alpha value is -1.46. The zero-order chi connectivity index (χ0) is 12.3. The minimum Gasteiger partial charge on any atom is -0.486 e. The highest BCUT2D eigenvalue weighted by atomic mass is 32.1. The second kappa shape index (κ2) is 5.25.